The Kier molecular flexibility index (Phi) is 8.03. The number of amides is 2. The molecule has 34 heavy (non-hydrogen) atoms. The predicted molar refractivity (Wildman–Crippen MR) is 123 cm³/mol. The molecule has 2 atom stereocenters. The Morgan fingerprint density at radius 3 is 2.53 bits per heavy atom. The predicted octanol–water partition coefficient (Wildman–Crippen LogP) is 1.60. The molecule has 0 saturated carbocycles. The van der Waals surface area contributed by atoms with Gasteiger partial charge in [0.25, 0.3) is 5.91 Å². The van der Waals surface area contributed by atoms with Gasteiger partial charge >= 0.3 is 17.9 Å². The summed E-state index contributed by atoms with van der Waals surface area (Å²) >= 11 is 2.78. The second-order valence-corrected chi connectivity index (χ2v) is 10.8. The van der Waals surface area contributed by atoms with Crippen LogP contribution in [0.5, 0.6) is 0 Å². The number of β-lactam (4-membered cyclic amide) rings is 1. The van der Waals surface area contributed by atoms with Crippen molar-refractivity contribution in [3.63, 3.8) is 0 Å². The molecule has 0 aromatic carbocycles. The molecule has 1 aromatic rings. The Morgan fingerprint density at radius 1 is 1.18 bits per heavy atom. The first-order valence-electron chi connectivity index (χ1n) is 10.4. The molecule has 10 nitrogen and oxygen atoms in total. The largest absolute Gasteiger partial charge is 0.461 e. The van der Waals surface area contributed by atoms with E-state index in [1.165, 1.54) is 34.9 Å². The maximum Gasteiger partial charge on any atom is 0.358 e. The molecule has 0 radical (unpaired) electrons. The number of hydrogen-bond acceptors (Lipinski definition) is 10. The van der Waals surface area contributed by atoms with Gasteiger partial charge in [0, 0.05) is 23.1 Å². The Labute approximate surface area is 205 Å². The quantitative estimate of drug-likeness (QED) is 0.315. The first-order valence-corrected chi connectivity index (χ1v) is 12.4. The summed E-state index contributed by atoms with van der Waals surface area (Å²) in [6, 6.07) is 2.88. The SMILES string of the molecule is CC(=O)OCC1=C(C(=O)OCOC(=O)C(C)(C)C)N2C(=O)[C@@H](NC(=O)Cc3cccs3)[C@H]2SC1. The van der Waals surface area contributed by atoms with E-state index < -0.39 is 47.4 Å². The fraction of sp³-hybridized carbons (Fsp3) is 0.500. The van der Waals surface area contributed by atoms with E-state index in [9.17, 15) is 24.0 Å². The van der Waals surface area contributed by atoms with Gasteiger partial charge in [0.05, 0.1) is 11.8 Å². The molecule has 184 valence electrons. The number of hydrogen-bond donors (Lipinski definition) is 1. The third kappa shape index (κ3) is 5.98. The molecular weight excluding hydrogens is 484 g/mol. The lowest BCUT2D eigenvalue weighted by Crippen LogP contribution is -2.70. The topological polar surface area (TPSA) is 128 Å². The normalized spacial score (nSPS) is 19.6. The summed E-state index contributed by atoms with van der Waals surface area (Å²) in [5.74, 6) is -2.47. The summed E-state index contributed by atoms with van der Waals surface area (Å²) in [7, 11) is 0. The van der Waals surface area contributed by atoms with E-state index in [0.717, 1.165) is 4.88 Å². The van der Waals surface area contributed by atoms with Crippen molar-refractivity contribution in [2.75, 3.05) is 19.2 Å². The second-order valence-electron chi connectivity index (χ2n) is 8.67. The number of ether oxygens (including phenoxy) is 3. The Morgan fingerprint density at radius 2 is 1.91 bits per heavy atom. The van der Waals surface area contributed by atoms with Crippen LogP contribution >= 0.6 is 23.1 Å². The molecule has 2 amide bonds. The lowest BCUT2D eigenvalue weighted by atomic mass is 9.98. The average molecular weight is 511 g/mol. The van der Waals surface area contributed by atoms with Crippen LogP contribution in [0.3, 0.4) is 0 Å². The zero-order valence-electron chi connectivity index (χ0n) is 19.2. The van der Waals surface area contributed by atoms with Crippen molar-refractivity contribution in [1.82, 2.24) is 10.2 Å². The molecule has 0 spiro atoms. The summed E-state index contributed by atoms with van der Waals surface area (Å²) < 4.78 is 15.1. The van der Waals surface area contributed by atoms with E-state index in [1.807, 2.05) is 17.5 Å². The molecule has 2 aliphatic heterocycles. The summed E-state index contributed by atoms with van der Waals surface area (Å²) in [6.07, 6.45) is 0.153. The van der Waals surface area contributed by atoms with Crippen LogP contribution in [0.1, 0.15) is 32.6 Å². The number of thioether (sulfide) groups is 1. The van der Waals surface area contributed by atoms with Gasteiger partial charge in [-0.15, -0.1) is 23.1 Å². The molecule has 0 bridgehead atoms. The molecular formula is C22H26N2O8S2. The van der Waals surface area contributed by atoms with Crippen molar-refractivity contribution in [3.05, 3.63) is 33.7 Å². The molecule has 2 aliphatic rings. The highest BCUT2D eigenvalue weighted by Crippen LogP contribution is 2.40. The van der Waals surface area contributed by atoms with Gasteiger partial charge in [-0.05, 0) is 32.2 Å². The van der Waals surface area contributed by atoms with Crippen molar-refractivity contribution >= 4 is 52.8 Å². The highest BCUT2D eigenvalue weighted by atomic mass is 32.2. The minimum atomic E-state index is -0.883. The van der Waals surface area contributed by atoms with Gasteiger partial charge in [-0.3, -0.25) is 24.1 Å². The molecule has 1 N–H and O–H groups in total. The molecule has 1 fully saturated rings. The van der Waals surface area contributed by atoms with Gasteiger partial charge in [0.15, 0.2) is 0 Å². The highest BCUT2D eigenvalue weighted by molar-refractivity contribution is 8.00. The van der Waals surface area contributed by atoms with Crippen molar-refractivity contribution in [2.24, 2.45) is 5.41 Å². The standard InChI is InChI=1S/C22H26N2O8S2/c1-12(25)30-9-13-10-34-19-16(23-15(26)8-14-6-5-7-33-14)18(27)24(19)17(13)20(28)31-11-32-21(29)22(2,3)4/h5-7,16,19H,8-11H2,1-4H3,(H,23,26)/t16-,19-/m1/s1. The number of carbonyl (C=O) groups excluding carboxylic acids is 5. The smallest absolute Gasteiger partial charge is 0.358 e. The molecule has 1 saturated heterocycles. The summed E-state index contributed by atoms with van der Waals surface area (Å²) in [5, 5.41) is 4.08. The average Bonchev–Trinajstić information content (AvgIpc) is 3.27. The highest BCUT2D eigenvalue weighted by Gasteiger charge is 2.54. The van der Waals surface area contributed by atoms with Crippen molar-refractivity contribution in [1.29, 1.82) is 0 Å². The van der Waals surface area contributed by atoms with Gasteiger partial charge < -0.3 is 19.5 Å². The number of fused-ring (bicyclic) bond motifs is 1. The summed E-state index contributed by atoms with van der Waals surface area (Å²) in [4.78, 5) is 63.4. The van der Waals surface area contributed by atoms with E-state index in [4.69, 9.17) is 14.2 Å². The lowest BCUT2D eigenvalue weighted by molar-refractivity contribution is -0.173. The first-order chi connectivity index (χ1) is 16.0. The number of nitrogens with one attached hydrogen (secondary N) is 1. The van der Waals surface area contributed by atoms with Crippen LogP contribution in [0.15, 0.2) is 28.8 Å². The van der Waals surface area contributed by atoms with Gasteiger partial charge in [0.1, 0.15) is 23.7 Å². The summed E-state index contributed by atoms with van der Waals surface area (Å²) in [6.45, 7) is 5.39. The fourth-order valence-electron chi connectivity index (χ4n) is 3.19. The minimum absolute atomic E-state index is 0.0643. The molecule has 0 unspecified atom stereocenters. The number of carbonyl (C=O) groups is 5. The number of thiophene rings is 1. The Bertz CT molecular complexity index is 1010. The van der Waals surface area contributed by atoms with Crippen molar-refractivity contribution in [2.45, 2.75) is 45.5 Å². The lowest BCUT2D eigenvalue weighted by Gasteiger charge is -2.49. The van der Waals surface area contributed by atoms with E-state index in [1.54, 1.807) is 20.8 Å². The maximum absolute atomic E-state index is 12.9. The Balaban J connectivity index is 1.70. The van der Waals surface area contributed by atoms with Crippen LogP contribution in [0, 0.1) is 5.41 Å². The second kappa shape index (κ2) is 10.6. The zero-order valence-corrected chi connectivity index (χ0v) is 20.9. The molecule has 3 heterocycles. The van der Waals surface area contributed by atoms with Gasteiger partial charge in [-0.2, -0.15) is 0 Å². The van der Waals surface area contributed by atoms with Gasteiger partial charge in [-0.1, -0.05) is 6.07 Å². The van der Waals surface area contributed by atoms with Crippen LogP contribution in [0.4, 0.5) is 0 Å². The molecule has 3 rings (SSSR count). The van der Waals surface area contributed by atoms with Crippen molar-refractivity contribution in [3.8, 4) is 0 Å². The van der Waals surface area contributed by atoms with E-state index >= 15 is 0 Å². The molecule has 0 aliphatic carbocycles. The van der Waals surface area contributed by atoms with E-state index in [0.29, 0.717) is 5.57 Å². The number of esters is 3. The van der Waals surface area contributed by atoms with Crippen LogP contribution < -0.4 is 5.32 Å². The fourth-order valence-corrected chi connectivity index (χ4v) is 5.22. The Hall–Kier alpha value is -2.86. The summed E-state index contributed by atoms with van der Waals surface area (Å²) in [5.41, 5.74) is -0.452. The third-order valence-electron chi connectivity index (χ3n) is 4.91. The van der Waals surface area contributed by atoms with E-state index in [2.05, 4.69) is 5.32 Å². The zero-order chi connectivity index (χ0) is 25.0. The van der Waals surface area contributed by atoms with Crippen LogP contribution in [0.25, 0.3) is 0 Å². The van der Waals surface area contributed by atoms with Crippen LogP contribution in [0.2, 0.25) is 0 Å². The first kappa shape index (κ1) is 25.8. The number of rotatable bonds is 8. The van der Waals surface area contributed by atoms with Crippen LogP contribution in [-0.2, 0) is 44.6 Å². The van der Waals surface area contributed by atoms with Crippen molar-refractivity contribution < 1.29 is 38.2 Å². The monoisotopic (exact) mass is 510 g/mol. The molecule has 12 heteroatoms. The minimum Gasteiger partial charge on any atom is -0.461 e. The van der Waals surface area contributed by atoms with Crippen LogP contribution in [-0.4, -0.2) is 65.2 Å². The van der Waals surface area contributed by atoms with E-state index in [-0.39, 0.29) is 30.4 Å². The number of nitrogens with zero attached hydrogens (tertiary/aromatic N) is 1. The maximum atomic E-state index is 12.9. The third-order valence-corrected chi connectivity index (χ3v) is 7.13. The van der Waals surface area contributed by atoms with Gasteiger partial charge in [-0.25, -0.2) is 4.79 Å². The van der Waals surface area contributed by atoms with Gasteiger partial charge in [0.2, 0.25) is 12.7 Å². The molecule has 1 aromatic heterocycles.